The average Bonchev–Trinajstić information content (AvgIpc) is 2.97. The zero-order valence-electron chi connectivity index (χ0n) is 14.2. The second-order valence-corrected chi connectivity index (χ2v) is 5.31. The largest absolute Gasteiger partial charge is 0.480 e. The highest BCUT2D eigenvalue weighted by Crippen LogP contribution is 2.07. The first-order valence-corrected chi connectivity index (χ1v) is 7.85. The fourth-order valence-corrected chi connectivity index (χ4v) is 1.84. The maximum atomic E-state index is 10.4. The molecular formula is C14H33BN2O5. The van der Waals surface area contributed by atoms with Gasteiger partial charge >= 0.3 is 13.1 Å². The topological polar surface area (TPSA) is 116 Å². The Balaban J connectivity index is 0. The van der Waals surface area contributed by atoms with Crippen molar-refractivity contribution in [3.05, 3.63) is 0 Å². The molecule has 5 N–H and O–H groups in total. The maximum absolute atomic E-state index is 10.4. The quantitative estimate of drug-likeness (QED) is 0.502. The lowest BCUT2D eigenvalue weighted by Crippen LogP contribution is -2.34. The minimum Gasteiger partial charge on any atom is -0.480 e. The normalized spacial score (nSPS) is 15.2. The molecule has 1 aliphatic rings. The van der Waals surface area contributed by atoms with Gasteiger partial charge in [-0.3, -0.25) is 4.79 Å². The molecule has 8 heteroatoms. The molecule has 0 radical (unpaired) electrons. The lowest BCUT2D eigenvalue weighted by atomic mass is 9.84. The Morgan fingerprint density at radius 3 is 2.14 bits per heavy atom. The van der Waals surface area contributed by atoms with E-state index in [0.717, 1.165) is 32.5 Å². The highest BCUT2D eigenvalue weighted by molar-refractivity contribution is 6.40. The van der Waals surface area contributed by atoms with E-state index in [4.69, 9.17) is 20.9 Å². The third-order valence-electron chi connectivity index (χ3n) is 3.09. The van der Waals surface area contributed by atoms with Gasteiger partial charge in [-0.1, -0.05) is 19.8 Å². The number of likely N-dealkylation sites (tertiary alicyclic amines) is 1. The number of hydrogen-bond donors (Lipinski definition) is 4. The van der Waals surface area contributed by atoms with E-state index >= 15 is 0 Å². The van der Waals surface area contributed by atoms with Crippen LogP contribution in [0.4, 0.5) is 0 Å². The van der Waals surface area contributed by atoms with Crippen molar-refractivity contribution in [1.29, 1.82) is 0 Å². The monoisotopic (exact) mass is 320 g/mol. The Hall–Kier alpha value is -0.665. The molecular weight excluding hydrogens is 287 g/mol. The predicted octanol–water partition coefficient (Wildman–Crippen LogP) is 0.406. The molecule has 1 aliphatic heterocycles. The number of aliphatic carboxylic acids is 1. The molecule has 0 amide bonds. The Labute approximate surface area is 134 Å². The first-order valence-electron chi connectivity index (χ1n) is 7.85. The summed E-state index contributed by atoms with van der Waals surface area (Å²) >= 11 is 0. The second kappa shape index (κ2) is 16.7. The number of ether oxygens (including phenoxy) is 1. The molecule has 1 rings (SSSR count). The molecule has 1 unspecified atom stereocenters. The molecule has 0 bridgehead atoms. The van der Waals surface area contributed by atoms with Gasteiger partial charge in [-0.2, -0.15) is 0 Å². The van der Waals surface area contributed by atoms with Gasteiger partial charge < -0.3 is 30.5 Å². The van der Waals surface area contributed by atoms with E-state index in [1.165, 1.54) is 12.8 Å². The highest BCUT2D eigenvalue weighted by atomic mass is 16.4. The molecule has 0 aliphatic carbocycles. The maximum Gasteiger partial charge on any atom is 0.451 e. The number of hydrogen-bond acceptors (Lipinski definition) is 6. The van der Waals surface area contributed by atoms with Crippen molar-refractivity contribution < 1.29 is 24.7 Å². The van der Waals surface area contributed by atoms with E-state index < -0.39 is 19.1 Å². The van der Waals surface area contributed by atoms with Gasteiger partial charge in [0.15, 0.2) is 0 Å². The number of carboxylic acid groups (broad SMARTS) is 1. The van der Waals surface area contributed by atoms with Crippen LogP contribution in [0.3, 0.4) is 0 Å². The van der Waals surface area contributed by atoms with Gasteiger partial charge in [-0.25, -0.2) is 0 Å². The summed E-state index contributed by atoms with van der Waals surface area (Å²) < 4.78 is 4.25. The lowest BCUT2D eigenvalue weighted by molar-refractivity contribution is -0.138. The number of unbranched alkanes of at least 4 members (excludes halogenated alkanes) is 1. The zero-order chi connectivity index (χ0) is 17.4. The summed E-state index contributed by atoms with van der Waals surface area (Å²) in [5.74, 6) is -0.894. The molecule has 1 fully saturated rings. The zero-order valence-corrected chi connectivity index (χ0v) is 14.2. The van der Waals surface area contributed by atoms with Crippen molar-refractivity contribution in [2.24, 2.45) is 5.73 Å². The van der Waals surface area contributed by atoms with Crippen LogP contribution in [-0.4, -0.2) is 73.0 Å². The van der Waals surface area contributed by atoms with Crippen molar-refractivity contribution in [3.63, 3.8) is 0 Å². The van der Waals surface area contributed by atoms with Gasteiger partial charge in [0.25, 0.3) is 0 Å². The summed E-state index contributed by atoms with van der Waals surface area (Å²) in [4.78, 5) is 12.6. The summed E-state index contributed by atoms with van der Waals surface area (Å²) in [5.41, 5.74) is 5.37. The lowest BCUT2D eigenvalue weighted by Gasteiger charge is -2.15. The molecule has 0 saturated carbocycles. The van der Waals surface area contributed by atoms with Gasteiger partial charge in [-0.15, -0.1) is 0 Å². The summed E-state index contributed by atoms with van der Waals surface area (Å²) in [5, 5.41) is 25.0. The van der Waals surface area contributed by atoms with Crippen LogP contribution in [0.25, 0.3) is 0 Å². The Bertz CT molecular complexity index is 251. The third kappa shape index (κ3) is 17.4. The Morgan fingerprint density at radius 2 is 1.82 bits per heavy atom. The van der Waals surface area contributed by atoms with Crippen LogP contribution in [-0.2, 0) is 9.53 Å². The van der Waals surface area contributed by atoms with E-state index in [0.29, 0.717) is 12.7 Å². The van der Waals surface area contributed by atoms with E-state index in [9.17, 15) is 4.79 Å². The number of rotatable bonds is 7. The van der Waals surface area contributed by atoms with E-state index in [-0.39, 0.29) is 0 Å². The number of methoxy groups -OCH3 is 1. The van der Waals surface area contributed by atoms with Crippen molar-refractivity contribution in [2.45, 2.75) is 51.4 Å². The third-order valence-corrected chi connectivity index (χ3v) is 3.09. The molecule has 1 atom stereocenters. The van der Waals surface area contributed by atoms with E-state index in [1.54, 1.807) is 14.2 Å². The van der Waals surface area contributed by atoms with Gasteiger partial charge in [0.2, 0.25) is 0 Å². The molecule has 0 spiro atoms. The standard InChI is InChI=1S/C8H16N2O2.C4H11BO2.C2H6O/c9-7(8(11)12)3-6-10-4-1-2-5-10;1-2-3-4-5(6)7;1-3-2/h7H,1-6,9H2,(H,11,12);6-7H,2-4H2,1H3;1-2H3. The molecule has 132 valence electrons. The van der Waals surface area contributed by atoms with Crippen LogP contribution < -0.4 is 5.73 Å². The summed E-state index contributed by atoms with van der Waals surface area (Å²) in [6.07, 6.45) is 5.48. The van der Waals surface area contributed by atoms with Gasteiger partial charge in [0.1, 0.15) is 6.04 Å². The van der Waals surface area contributed by atoms with Crippen LogP contribution in [0.1, 0.15) is 39.0 Å². The van der Waals surface area contributed by atoms with Crippen LogP contribution >= 0.6 is 0 Å². The van der Waals surface area contributed by atoms with Gasteiger partial charge in [0, 0.05) is 20.8 Å². The van der Waals surface area contributed by atoms with E-state index in [2.05, 4.69) is 9.64 Å². The van der Waals surface area contributed by atoms with Crippen molar-refractivity contribution in [2.75, 3.05) is 33.9 Å². The molecule has 22 heavy (non-hydrogen) atoms. The fraction of sp³-hybridized carbons (Fsp3) is 0.929. The number of nitrogens with zero attached hydrogens (tertiary/aromatic N) is 1. The highest BCUT2D eigenvalue weighted by Gasteiger charge is 2.15. The molecule has 0 aromatic carbocycles. The van der Waals surface area contributed by atoms with Crippen molar-refractivity contribution >= 4 is 13.1 Å². The SMILES string of the molecule is CCCCB(O)O.COC.NC(CCN1CCCC1)C(=O)O. The molecule has 0 aromatic rings. The van der Waals surface area contributed by atoms with Crippen LogP contribution in [0.5, 0.6) is 0 Å². The summed E-state index contributed by atoms with van der Waals surface area (Å²) in [7, 11) is 2.15. The number of carbonyl (C=O) groups is 1. The molecule has 7 nitrogen and oxygen atoms in total. The van der Waals surface area contributed by atoms with Gasteiger partial charge in [-0.05, 0) is 38.7 Å². The minimum atomic E-state index is -1.10. The van der Waals surface area contributed by atoms with Crippen LogP contribution in [0.2, 0.25) is 6.32 Å². The second-order valence-electron chi connectivity index (χ2n) is 5.31. The number of carboxylic acids is 1. The molecule has 0 aromatic heterocycles. The first-order chi connectivity index (χ1) is 10.4. The average molecular weight is 320 g/mol. The summed E-state index contributed by atoms with van der Waals surface area (Å²) in [6.45, 7) is 5.05. The smallest absolute Gasteiger partial charge is 0.451 e. The minimum absolute atomic E-state index is 0.510. The molecule has 1 saturated heterocycles. The molecule has 1 heterocycles. The first kappa shape index (κ1) is 23.6. The van der Waals surface area contributed by atoms with Crippen molar-refractivity contribution in [1.82, 2.24) is 4.90 Å². The van der Waals surface area contributed by atoms with Gasteiger partial charge in [0.05, 0.1) is 0 Å². The fourth-order valence-electron chi connectivity index (χ4n) is 1.84. The van der Waals surface area contributed by atoms with Crippen molar-refractivity contribution in [3.8, 4) is 0 Å². The van der Waals surface area contributed by atoms with Crippen LogP contribution in [0.15, 0.2) is 0 Å². The van der Waals surface area contributed by atoms with Crippen LogP contribution in [0, 0.1) is 0 Å². The predicted molar refractivity (Wildman–Crippen MR) is 88.7 cm³/mol. The Morgan fingerprint density at radius 1 is 1.32 bits per heavy atom. The Kier molecular flexibility index (Phi) is 17.9. The van der Waals surface area contributed by atoms with E-state index in [1.807, 2.05) is 6.92 Å². The number of nitrogens with two attached hydrogens (primary N) is 1. The summed E-state index contributed by atoms with van der Waals surface area (Å²) in [6, 6.07) is -0.689.